The second-order valence-corrected chi connectivity index (χ2v) is 7.46. The lowest BCUT2D eigenvalue weighted by Crippen LogP contribution is -2.44. The third-order valence-corrected chi connectivity index (χ3v) is 5.22. The predicted octanol–water partition coefficient (Wildman–Crippen LogP) is 4.69. The van der Waals surface area contributed by atoms with Crippen LogP contribution in [0.3, 0.4) is 0 Å². The number of ether oxygens (including phenoxy) is 1. The molecule has 0 aliphatic carbocycles. The quantitative estimate of drug-likeness (QED) is 0.490. The van der Waals surface area contributed by atoms with Gasteiger partial charge in [0, 0.05) is 32.1 Å². The van der Waals surface area contributed by atoms with Crippen LogP contribution in [0.4, 0.5) is 0 Å². The summed E-state index contributed by atoms with van der Waals surface area (Å²) in [5.74, 6) is 1.40. The molecule has 1 atom stereocenters. The van der Waals surface area contributed by atoms with Crippen LogP contribution in [0.15, 0.2) is 65.2 Å². The van der Waals surface area contributed by atoms with Crippen LogP contribution in [0.2, 0.25) is 0 Å². The minimum atomic E-state index is 0.00239. The van der Waals surface area contributed by atoms with Crippen molar-refractivity contribution in [3.8, 4) is 11.3 Å². The van der Waals surface area contributed by atoms with Gasteiger partial charge in [-0.05, 0) is 25.8 Å². The Labute approximate surface area is 178 Å². The van der Waals surface area contributed by atoms with Crippen LogP contribution in [-0.2, 0) is 22.4 Å². The molecule has 3 aromatic rings. The number of oxazole rings is 1. The van der Waals surface area contributed by atoms with E-state index in [0.717, 1.165) is 17.7 Å². The first kappa shape index (κ1) is 21.8. The smallest absolute Gasteiger partial charge is 0.223 e. The molecular weight excluding hydrogens is 376 g/mol. The van der Waals surface area contributed by atoms with Crippen LogP contribution in [0.25, 0.3) is 11.3 Å². The molecule has 0 saturated carbocycles. The molecule has 3 rings (SSSR count). The first-order valence-corrected chi connectivity index (χ1v) is 10.4. The van der Waals surface area contributed by atoms with Crippen molar-refractivity contribution in [3.05, 3.63) is 77.8 Å². The van der Waals surface area contributed by atoms with E-state index in [2.05, 4.69) is 24.0 Å². The van der Waals surface area contributed by atoms with Gasteiger partial charge in [-0.25, -0.2) is 4.98 Å². The zero-order valence-electron chi connectivity index (χ0n) is 18.0. The number of aromatic nitrogens is 1. The molecule has 0 radical (unpaired) electrons. The van der Waals surface area contributed by atoms with Gasteiger partial charge < -0.3 is 14.1 Å². The number of likely N-dealkylation sites (N-methyl/N-ethyl adjacent to an activating group) is 1. The van der Waals surface area contributed by atoms with Gasteiger partial charge in [0.15, 0.2) is 11.7 Å². The van der Waals surface area contributed by atoms with Gasteiger partial charge in [-0.3, -0.25) is 4.79 Å². The highest BCUT2D eigenvalue weighted by molar-refractivity contribution is 5.76. The number of methoxy groups -OCH3 is 1. The fraction of sp³-hybridized carbons (Fsp3) is 0.360. The molecule has 0 bridgehead atoms. The fourth-order valence-corrected chi connectivity index (χ4v) is 3.61. The summed E-state index contributed by atoms with van der Waals surface area (Å²) in [4.78, 5) is 19.2. The normalized spacial score (nSPS) is 12.0. The molecule has 0 aliphatic heterocycles. The number of amides is 1. The molecule has 0 unspecified atom stereocenters. The number of aryl methyl sites for hydroxylation is 2. The summed E-state index contributed by atoms with van der Waals surface area (Å²) in [6.07, 6.45) is 3.33. The molecule has 0 spiro atoms. The molecule has 0 saturated heterocycles. The molecule has 1 amide bonds. The van der Waals surface area contributed by atoms with E-state index in [0.29, 0.717) is 31.9 Å². The van der Waals surface area contributed by atoms with E-state index in [4.69, 9.17) is 9.15 Å². The number of carbonyl (C=O) groups is 1. The van der Waals surface area contributed by atoms with E-state index in [9.17, 15) is 4.79 Å². The molecule has 0 aliphatic rings. The largest absolute Gasteiger partial charge is 0.441 e. The van der Waals surface area contributed by atoms with Gasteiger partial charge in [-0.15, -0.1) is 0 Å². The van der Waals surface area contributed by atoms with Crippen LogP contribution < -0.4 is 0 Å². The summed E-state index contributed by atoms with van der Waals surface area (Å²) < 4.78 is 11.3. The van der Waals surface area contributed by atoms with Crippen LogP contribution in [0.5, 0.6) is 0 Å². The lowest BCUT2D eigenvalue weighted by atomic mass is 10.0. The maximum Gasteiger partial charge on any atom is 0.223 e. The number of hydrogen-bond acceptors (Lipinski definition) is 4. The third-order valence-electron chi connectivity index (χ3n) is 5.22. The third kappa shape index (κ3) is 5.80. The van der Waals surface area contributed by atoms with E-state index < -0.39 is 0 Å². The topological polar surface area (TPSA) is 55.6 Å². The number of hydrogen-bond donors (Lipinski definition) is 0. The Morgan fingerprint density at radius 1 is 1.13 bits per heavy atom. The summed E-state index contributed by atoms with van der Waals surface area (Å²) in [7, 11) is 1.68. The second-order valence-electron chi connectivity index (χ2n) is 7.46. The predicted molar refractivity (Wildman–Crippen MR) is 118 cm³/mol. The highest BCUT2D eigenvalue weighted by Crippen LogP contribution is 2.21. The minimum Gasteiger partial charge on any atom is -0.441 e. The van der Waals surface area contributed by atoms with Crippen LogP contribution in [0, 0.1) is 6.92 Å². The van der Waals surface area contributed by atoms with Gasteiger partial charge in [-0.1, -0.05) is 60.2 Å². The summed E-state index contributed by atoms with van der Waals surface area (Å²) in [5, 5.41) is 0. The summed E-state index contributed by atoms with van der Waals surface area (Å²) >= 11 is 0. The van der Waals surface area contributed by atoms with Crippen molar-refractivity contribution in [1.29, 1.82) is 0 Å². The van der Waals surface area contributed by atoms with E-state index in [1.165, 1.54) is 11.1 Å². The average Bonchev–Trinajstić information content (AvgIpc) is 3.23. The number of carbonyl (C=O) groups excluding carboxylic acids is 1. The van der Waals surface area contributed by atoms with Crippen molar-refractivity contribution in [2.24, 2.45) is 0 Å². The highest BCUT2D eigenvalue weighted by Gasteiger charge is 2.23. The number of benzene rings is 2. The lowest BCUT2D eigenvalue weighted by Gasteiger charge is -2.30. The zero-order chi connectivity index (χ0) is 21.3. The van der Waals surface area contributed by atoms with Crippen LogP contribution >= 0.6 is 0 Å². The molecule has 158 valence electrons. The Bertz CT molecular complexity index is 919. The van der Waals surface area contributed by atoms with Gasteiger partial charge in [0.05, 0.1) is 18.8 Å². The Balaban J connectivity index is 1.62. The average molecular weight is 407 g/mol. The first-order valence-electron chi connectivity index (χ1n) is 10.4. The molecule has 1 aromatic heterocycles. The molecular formula is C25H30N2O3. The molecule has 5 heteroatoms. The van der Waals surface area contributed by atoms with Gasteiger partial charge in [-0.2, -0.15) is 0 Å². The van der Waals surface area contributed by atoms with Gasteiger partial charge in [0.25, 0.3) is 0 Å². The summed E-state index contributed by atoms with van der Waals surface area (Å²) in [6, 6.07) is 18.3. The number of nitrogens with zero attached hydrogens (tertiary/aromatic N) is 2. The standard InChI is InChI=1S/C25H30N2O3/c1-4-27(22(18-29-3)16-20-8-6-5-7-9-20)25(28)15-14-24-26-17-23(30-24)21-12-10-19(2)11-13-21/h5-13,17,22H,4,14-16,18H2,1-3H3/t22-/m1/s1. The zero-order valence-corrected chi connectivity index (χ0v) is 18.0. The number of rotatable bonds is 10. The second kappa shape index (κ2) is 10.7. The van der Waals surface area contributed by atoms with Gasteiger partial charge in [0.2, 0.25) is 5.91 Å². The van der Waals surface area contributed by atoms with Crippen molar-refractivity contribution in [2.75, 3.05) is 20.3 Å². The first-order chi connectivity index (χ1) is 14.6. The van der Waals surface area contributed by atoms with Crippen molar-refractivity contribution in [3.63, 3.8) is 0 Å². The Morgan fingerprint density at radius 2 is 1.87 bits per heavy atom. The summed E-state index contributed by atoms with van der Waals surface area (Å²) in [6.45, 7) is 5.20. The van der Waals surface area contributed by atoms with Crippen LogP contribution in [-0.4, -0.2) is 42.1 Å². The Kier molecular flexibility index (Phi) is 7.80. The summed E-state index contributed by atoms with van der Waals surface area (Å²) in [5.41, 5.74) is 3.38. The Hall–Kier alpha value is -2.92. The van der Waals surface area contributed by atoms with Gasteiger partial charge >= 0.3 is 0 Å². The molecule has 1 heterocycles. The lowest BCUT2D eigenvalue weighted by molar-refractivity contribution is -0.134. The van der Waals surface area contributed by atoms with Crippen molar-refractivity contribution in [2.45, 2.75) is 39.2 Å². The Morgan fingerprint density at radius 3 is 2.53 bits per heavy atom. The van der Waals surface area contributed by atoms with Crippen LogP contribution in [0.1, 0.15) is 30.4 Å². The van der Waals surface area contributed by atoms with E-state index >= 15 is 0 Å². The SMILES string of the molecule is CCN(C(=O)CCc1ncc(-c2ccc(C)cc2)o1)[C@@H](COC)Cc1ccccc1. The van der Waals surface area contributed by atoms with E-state index in [1.54, 1.807) is 13.3 Å². The fourth-order valence-electron chi connectivity index (χ4n) is 3.61. The van der Waals surface area contributed by atoms with Gasteiger partial charge in [0.1, 0.15) is 0 Å². The maximum atomic E-state index is 13.0. The molecule has 0 N–H and O–H groups in total. The monoisotopic (exact) mass is 406 g/mol. The minimum absolute atomic E-state index is 0.00239. The van der Waals surface area contributed by atoms with Crippen molar-refractivity contribution in [1.82, 2.24) is 9.88 Å². The molecule has 5 nitrogen and oxygen atoms in total. The highest BCUT2D eigenvalue weighted by atomic mass is 16.5. The molecule has 0 fully saturated rings. The molecule has 2 aromatic carbocycles. The van der Waals surface area contributed by atoms with E-state index in [1.807, 2.05) is 54.3 Å². The maximum absolute atomic E-state index is 13.0. The van der Waals surface area contributed by atoms with Crippen molar-refractivity contribution < 1.29 is 13.9 Å². The van der Waals surface area contributed by atoms with Crippen molar-refractivity contribution >= 4 is 5.91 Å². The molecule has 30 heavy (non-hydrogen) atoms. The van der Waals surface area contributed by atoms with E-state index in [-0.39, 0.29) is 11.9 Å².